The van der Waals surface area contributed by atoms with Crippen LogP contribution in [0.1, 0.15) is 38.8 Å². The summed E-state index contributed by atoms with van der Waals surface area (Å²) in [5.41, 5.74) is 6.70. The number of alkyl halides is 2. The number of rotatable bonds is 7. The normalized spacial score (nSPS) is 11.5. The molecule has 4 aromatic rings. The lowest BCUT2D eigenvalue weighted by atomic mass is 10.1. The second-order valence-corrected chi connectivity index (χ2v) is 10.4. The maximum absolute atomic E-state index is 13.5. The van der Waals surface area contributed by atoms with Crippen molar-refractivity contribution in [3.8, 4) is 10.4 Å². The molecule has 0 aromatic carbocycles. The van der Waals surface area contributed by atoms with E-state index < -0.39 is 18.0 Å². The lowest BCUT2D eigenvalue weighted by Gasteiger charge is -2.10. The maximum Gasteiger partial charge on any atom is 0.280 e. The Labute approximate surface area is 203 Å². The predicted molar refractivity (Wildman–Crippen MR) is 129 cm³/mol. The number of primary amides is 1. The van der Waals surface area contributed by atoms with Gasteiger partial charge in [0.15, 0.2) is 0 Å². The van der Waals surface area contributed by atoms with Crippen molar-refractivity contribution in [1.29, 1.82) is 0 Å². The molecule has 4 heterocycles. The van der Waals surface area contributed by atoms with E-state index in [1.807, 2.05) is 26.0 Å². The number of nitrogens with two attached hydrogens (primary N) is 1. The molecule has 7 nitrogen and oxygen atoms in total. The average Bonchev–Trinajstić information content (AvgIpc) is 3.44. The first kappa shape index (κ1) is 23.5. The molecule has 0 unspecified atom stereocenters. The lowest BCUT2D eigenvalue weighted by molar-refractivity contribution is -0.116. The molecule has 4 rings (SSSR count). The minimum Gasteiger partial charge on any atom is -0.365 e. The molecule has 0 radical (unpaired) electrons. The van der Waals surface area contributed by atoms with Gasteiger partial charge in [0.2, 0.25) is 5.91 Å². The highest BCUT2D eigenvalue weighted by atomic mass is 79.9. The second-order valence-electron chi connectivity index (χ2n) is 7.26. The molecule has 0 aliphatic heterocycles. The monoisotopic (exact) mass is 553 g/mol. The highest BCUT2D eigenvalue weighted by Gasteiger charge is 2.25. The zero-order chi connectivity index (χ0) is 23.9. The number of nitrogens with one attached hydrogen (secondary N) is 1. The summed E-state index contributed by atoms with van der Waals surface area (Å²) in [6.45, 7) is 4.09. The van der Waals surface area contributed by atoms with Crippen molar-refractivity contribution in [3.05, 3.63) is 50.0 Å². The molecule has 172 valence electrons. The van der Waals surface area contributed by atoms with E-state index in [2.05, 4.69) is 31.3 Å². The summed E-state index contributed by atoms with van der Waals surface area (Å²) in [7, 11) is 0. The van der Waals surface area contributed by atoms with Gasteiger partial charge in [0.1, 0.15) is 15.4 Å². The van der Waals surface area contributed by atoms with Gasteiger partial charge in [-0.15, -0.1) is 22.7 Å². The van der Waals surface area contributed by atoms with Crippen LogP contribution < -0.4 is 11.1 Å². The van der Waals surface area contributed by atoms with Gasteiger partial charge in [-0.25, -0.2) is 13.8 Å². The van der Waals surface area contributed by atoms with Crippen molar-refractivity contribution in [3.63, 3.8) is 0 Å². The summed E-state index contributed by atoms with van der Waals surface area (Å²) >= 11 is 5.69. The van der Waals surface area contributed by atoms with Crippen LogP contribution in [0, 0.1) is 13.8 Å². The Morgan fingerprint density at radius 1 is 1.27 bits per heavy atom. The first-order chi connectivity index (χ1) is 15.7. The van der Waals surface area contributed by atoms with Crippen LogP contribution in [-0.4, -0.2) is 26.6 Å². The first-order valence-electron chi connectivity index (χ1n) is 9.75. The molecule has 0 atom stereocenters. The first-order valence-corrected chi connectivity index (χ1v) is 12.2. The van der Waals surface area contributed by atoms with Gasteiger partial charge >= 0.3 is 0 Å². The fourth-order valence-corrected chi connectivity index (χ4v) is 5.55. The molecular formula is C21H18BrF2N5O2S2. The standard InChI is InChI=1S/C21H18BrF2N5O2S2/c1-9-3-4-14(32-9)11-7-13(19(23)24)27-21-16(11)17(18(33-21)20(25)31)28-15(30)5-6-29-10(2)12(22)8-26-29/h3-4,7-8,19H,5-6H2,1-2H3,(H2,25,31)(H,28,30). The smallest absolute Gasteiger partial charge is 0.280 e. The van der Waals surface area contributed by atoms with Crippen LogP contribution in [0.5, 0.6) is 0 Å². The quantitative estimate of drug-likeness (QED) is 0.308. The average molecular weight is 554 g/mol. The van der Waals surface area contributed by atoms with Crippen molar-refractivity contribution >= 4 is 66.3 Å². The summed E-state index contributed by atoms with van der Waals surface area (Å²) in [5.74, 6) is -1.14. The molecule has 0 aliphatic carbocycles. The Balaban J connectivity index is 1.77. The van der Waals surface area contributed by atoms with Gasteiger partial charge in [-0.3, -0.25) is 14.3 Å². The minimum absolute atomic E-state index is 0.0600. The van der Waals surface area contributed by atoms with E-state index in [0.29, 0.717) is 17.5 Å². The molecule has 3 N–H and O–H groups in total. The number of carbonyl (C=O) groups is 2. The Kier molecular flexibility index (Phi) is 6.59. The molecule has 4 aromatic heterocycles. The van der Waals surface area contributed by atoms with E-state index in [1.54, 1.807) is 10.9 Å². The van der Waals surface area contributed by atoms with Crippen molar-refractivity contribution in [2.75, 3.05) is 5.32 Å². The Bertz CT molecular complexity index is 1380. The fourth-order valence-electron chi connectivity index (χ4n) is 3.35. The molecule has 12 heteroatoms. The number of aryl methyl sites for hydroxylation is 2. The molecule has 0 fully saturated rings. The number of carbonyl (C=O) groups excluding carboxylic acids is 2. The molecule has 33 heavy (non-hydrogen) atoms. The third-order valence-electron chi connectivity index (χ3n) is 4.99. The van der Waals surface area contributed by atoms with Crippen LogP contribution in [0.25, 0.3) is 20.7 Å². The SMILES string of the molecule is Cc1ccc(-c2cc(C(F)F)nc3sc(C(N)=O)c(NC(=O)CCn4ncc(Br)c4C)c23)s1. The molecule has 0 spiro atoms. The third-order valence-corrected chi connectivity index (χ3v) is 7.90. The van der Waals surface area contributed by atoms with Gasteiger partial charge in [-0.2, -0.15) is 5.10 Å². The van der Waals surface area contributed by atoms with Gasteiger partial charge < -0.3 is 11.1 Å². The third kappa shape index (κ3) is 4.68. The zero-order valence-corrected chi connectivity index (χ0v) is 20.7. The van der Waals surface area contributed by atoms with E-state index in [4.69, 9.17) is 5.73 Å². The Morgan fingerprint density at radius 3 is 2.61 bits per heavy atom. The number of anilines is 1. The van der Waals surface area contributed by atoms with Crippen LogP contribution in [0.4, 0.5) is 14.5 Å². The van der Waals surface area contributed by atoms with Gasteiger partial charge in [-0.05, 0) is 48.0 Å². The van der Waals surface area contributed by atoms with E-state index in [9.17, 15) is 18.4 Å². The highest BCUT2D eigenvalue weighted by molar-refractivity contribution is 9.10. The number of fused-ring (bicyclic) bond motifs is 1. The number of hydrogen-bond donors (Lipinski definition) is 2. The molecule has 0 saturated heterocycles. The van der Waals surface area contributed by atoms with Gasteiger partial charge in [0.25, 0.3) is 12.3 Å². The number of amides is 2. The number of nitrogens with zero attached hydrogens (tertiary/aromatic N) is 3. The van der Waals surface area contributed by atoms with E-state index in [1.165, 1.54) is 17.4 Å². The van der Waals surface area contributed by atoms with Crippen molar-refractivity contribution in [2.45, 2.75) is 33.2 Å². The van der Waals surface area contributed by atoms with Crippen LogP contribution in [0.15, 0.2) is 28.9 Å². The lowest BCUT2D eigenvalue weighted by Crippen LogP contribution is -2.18. The van der Waals surface area contributed by atoms with Crippen LogP contribution in [-0.2, 0) is 11.3 Å². The summed E-state index contributed by atoms with van der Waals surface area (Å²) in [4.78, 5) is 31.0. The molecular weight excluding hydrogens is 536 g/mol. The van der Waals surface area contributed by atoms with Gasteiger partial charge in [0, 0.05) is 32.8 Å². The topological polar surface area (TPSA) is 103 Å². The van der Waals surface area contributed by atoms with Crippen molar-refractivity contribution in [1.82, 2.24) is 14.8 Å². The Morgan fingerprint density at radius 2 is 2.03 bits per heavy atom. The van der Waals surface area contributed by atoms with Crippen LogP contribution >= 0.6 is 38.6 Å². The maximum atomic E-state index is 13.5. The van der Waals surface area contributed by atoms with Crippen molar-refractivity contribution in [2.24, 2.45) is 5.73 Å². The van der Waals surface area contributed by atoms with Crippen molar-refractivity contribution < 1.29 is 18.4 Å². The predicted octanol–water partition coefficient (Wildman–Crippen LogP) is 5.67. The second kappa shape index (κ2) is 9.27. The number of aromatic nitrogens is 3. The zero-order valence-electron chi connectivity index (χ0n) is 17.5. The highest BCUT2D eigenvalue weighted by Crippen LogP contribution is 2.44. The van der Waals surface area contributed by atoms with Crippen LogP contribution in [0.3, 0.4) is 0 Å². The molecule has 2 amide bonds. The largest absolute Gasteiger partial charge is 0.365 e. The van der Waals surface area contributed by atoms with E-state index >= 15 is 0 Å². The summed E-state index contributed by atoms with van der Waals surface area (Å²) in [5, 5.41) is 7.39. The molecule has 0 saturated carbocycles. The van der Waals surface area contributed by atoms with Gasteiger partial charge in [0.05, 0.1) is 22.9 Å². The molecule has 0 aliphatic rings. The minimum atomic E-state index is -2.79. The van der Waals surface area contributed by atoms with E-state index in [0.717, 1.165) is 31.3 Å². The van der Waals surface area contributed by atoms with Gasteiger partial charge in [-0.1, -0.05) is 0 Å². The number of hydrogen-bond acceptors (Lipinski definition) is 6. The molecule has 0 bridgehead atoms. The van der Waals surface area contributed by atoms with Crippen LogP contribution in [0.2, 0.25) is 0 Å². The number of thiophene rings is 2. The number of pyridine rings is 1. The summed E-state index contributed by atoms with van der Waals surface area (Å²) in [6, 6.07) is 4.99. The van der Waals surface area contributed by atoms with E-state index in [-0.39, 0.29) is 27.7 Å². The Hall–Kier alpha value is -2.70. The summed E-state index contributed by atoms with van der Waals surface area (Å²) in [6.07, 6.45) is -1.06. The fraction of sp³-hybridized carbons (Fsp3) is 0.238. The summed E-state index contributed by atoms with van der Waals surface area (Å²) < 4.78 is 29.6. The number of halogens is 3.